The van der Waals surface area contributed by atoms with Crippen molar-refractivity contribution in [3.05, 3.63) is 36.5 Å². The number of amides is 1. The zero-order valence-electron chi connectivity index (χ0n) is 48.4. The number of hydrogen-bond donors (Lipinski definition) is 3. The normalized spacial score (nSPS) is 12.8. The Hall–Kier alpha value is -1.92. The van der Waals surface area contributed by atoms with Crippen LogP contribution in [0.3, 0.4) is 0 Å². The van der Waals surface area contributed by atoms with Crippen LogP contribution in [0.1, 0.15) is 348 Å². The Balaban J connectivity index is 3.49. The minimum absolute atomic E-state index is 0.0136. The molecule has 0 bridgehead atoms. The molecule has 0 aromatic rings. The van der Waals surface area contributed by atoms with Crippen LogP contribution < -0.4 is 5.32 Å². The molecular weight excluding hydrogens is 887 g/mol. The number of carbonyl (C=O) groups is 2. The van der Waals surface area contributed by atoms with Crippen molar-refractivity contribution in [3.8, 4) is 0 Å². The zero-order valence-corrected chi connectivity index (χ0v) is 48.4. The van der Waals surface area contributed by atoms with E-state index in [0.29, 0.717) is 19.4 Å². The summed E-state index contributed by atoms with van der Waals surface area (Å²) in [7, 11) is 0. The molecule has 1 amide bonds. The highest BCUT2D eigenvalue weighted by Crippen LogP contribution is 2.17. The van der Waals surface area contributed by atoms with E-state index in [1.54, 1.807) is 6.08 Å². The van der Waals surface area contributed by atoms with Gasteiger partial charge in [-0.3, -0.25) is 9.59 Å². The molecule has 72 heavy (non-hydrogen) atoms. The molecule has 0 radical (unpaired) electrons. The lowest BCUT2D eigenvalue weighted by atomic mass is 10.0. The molecular formula is C66H125NO5. The molecule has 6 nitrogen and oxygen atoms in total. The van der Waals surface area contributed by atoms with Crippen molar-refractivity contribution in [2.24, 2.45) is 0 Å². The average Bonchev–Trinajstić information content (AvgIpc) is 3.38. The Labute approximate surface area is 449 Å². The van der Waals surface area contributed by atoms with Gasteiger partial charge in [-0.25, -0.2) is 0 Å². The predicted octanol–water partition coefficient (Wildman–Crippen LogP) is 20.4. The van der Waals surface area contributed by atoms with E-state index in [9.17, 15) is 19.8 Å². The highest BCUT2D eigenvalue weighted by molar-refractivity contribution is 5.76. The van der Waals surface area contributed by atoms with E-state index in [-0.39, 0.29) is 18.5 Å². The number of unbranched alkanes of at least 4 members (excludes halogenated alkanes) is 45. The number of carbonyl (C=O) groups excluding carboxylic acids is 2. The maximum atomic E-state index is 12.5. The summed E-state index contributed by atoms with van der Waals surface area (Å²) in [6.07, 6.45) is 77.6. The summed E-state index contributed by atoms with van der Waals surface area (Å²) in [5.41, 5.74) is 0. The smallest absolute Gasteiger partial charge is 0.305 e. The van der Waals surface area contributed by atoms with Crippen LogP contribution in [0.15, 0.2) is 36.5 Å². The maximum absolute atomic E-state index is 12.5. The Kier molecular flexibility index (Phi) is 60.0. The summed E-state index contributed by atoms with van der Waals surface area (Å²) in [6, 6.07) is -0.641. The van der Waals surface area contributed by atoms with Crippen LogP contribution in [0.25, 0.3) is 0 Å². The van der Waals surface area contributed by atoms with E-state index in [0.717, 1.165) is 70.6 Å². The Morgan fingerprint density at radius 3 is 0.986 bits per heavy atom. The van der Waals surface area contributed by atoms with Crippen molar-refractivity contribution in [1.29, 1.82) is 0 Å². The van der Waals surface area contributed by atoms with Gasteiger partial charge >= 0.3 is 5.97 Å². The lowest BCUT2D eigenvalue weighted by Crippen LogP contribution is -2.45. The number of aliphatic hydroxyl groups is 2. The van der Waals surface area contributed by atoms with Crippen LogP contribution in [0, 0.1) is 0 Å². The van der Waals surface area contributed by atoms with Gasteiger partial charge in [-0.05, 0) is 83.5 Å². The molecule has 2 unspecified atom stereocenters. The molecule has 0 aliphatic rings. The molecule has 0 fully saturated rings. The first-order chi connectivity index (χ1) is 35.5. The van der Waals surface area contributed by atoms with E-state index in [2.05, 4.69) is 43.5 Å². The lowest BCUT2D eigenvalue weighted by molar-refractivity contribution is -0.143. The highest BCUT2D eigenvalue weighted by Gasteiger charge is 2.18. The fraction of sp³-hybridized carbons (Fsp3) is 0.879. The number of ether oxygens (including phenoxy) is 1. The summed E-state index contributed by atoms with van der Waals surface area (Å²) < 4.78 is 5.48. The van der Waals surface area contributed by atoms with Gasteiger partial charge in [0.15, 0.2) is 0 Å². The molecule has 0 heterocycles. The summed E-state index contributed by atoms with van der Waals surface area (Å²) in [5, 5.41) is 23.2. The fourth-order valence-corrected chi connectivity index (χ4v) is 9.92. The zero-order chi connectivity index (χ0) is 52.2. The van der Waals surface area contributed by atoms with Crippen LogP contribution in [0.5, 0.6) is 0 Å². The van der Waals surface area contributed by atoms with E-state index in [1.165, 1.54) is 250 Å². The van der Waals surface area contributed by atoms with Crippen LogP contribution >= 0.6 is 0 Å². The van der Waals surface area contributed by atoms with Gasteiger partial charge in [-0.2, -0.15) is 0 Å². The second-order valence-corrected chi connectivity index (χ2v) is 22.1. The molecule has 0 aliphatic heterocycles. The molecule has 0 aromatic heterocycles. The van der Waals surface area contributed by atoms with Gasteiger partial charge in [0.25, 0.3) is 0 Å². The molecule has 0 spiro atoms. The van der Waals surface area contributed by atoms with Gasteiger partial charge in [0.1, 0.15) is 0 Å². The number of nitrogens with one attached hydrogen (secondary N) is 1. The molecule has 2 atom stereocenters. The first-order valence-electron chi connectivity index (χ1n) is 32.3. The monoisotopic (exact) mass is 1010 g/mol. The van der Waals surface area contributed by atoms with Crippen molar-refractivity contribution < 1.29 is 24.5 Å². The molecule has 0 aromatic carbocycles. The largest absolute Gasteiger partial charge is 0.466 e. The maximum Gasteiger partial charge on any atom is 0.305 e. The van der Waals surface area contributed by atoms with Crippen LogP contribution in [-0.4, -0.2) is 47.4 Å². The second kappa shape index (κ2) is 61.6. The molecule has 0 saturated carbocycles. The minimum Gasteiger partial charge on any atom is -0.466 e. The summed E-state index contributed by atoms with van der Waals surface area (Å²) in [6.45, 7) is 4.89. The molecule has 0 saturated heterocycles. The number of esters is 1. The van der Waals surface area contributed by atoms with Crippen molar-refractivity contribution in [2.75, 3.05) is 13.2 Å². The van der Waals surface area contributed by atoms with Gasteiger partial charge < -0.3 is 20.3 Å². The SMILES string of the molecule is CCCCCCCCC/C=C\CCCCCCCCCC(=O)OCCCCCC/C=C\CCCCCCCCCC(=O)NC(CO)C(O)/C=C/CCCCCCCCCCCCCCCCCCCCCC. The van der Waals surface area contributed by atoms with Crippen LogP contribution in [-0.2, 0) is 14.3 Å². The standard InChI is InChI=1S/C66H125NO5/c1-3-5-7-9-11-13-15-17-19-21-23-24-25-26-27-30-34-38-42-46-50-54-58-64(69)63(62-68)67-65(70)59-55-51-47-43-39-35-31-29-33-37-41-45-49-53-57-61-72-66(71)60-56-52-48-44-40-36-32-28-22-20-18-16-14-12-10-8-6-4-2/h20,22,33,37,54,58,63-64,68-69H,3-19,21,23-32,34-36,38-53,55-57,59-62H2,1-2H3,(H,67,70)/b22-20-,37-33-,58-54+. The predicted molar refractivity (Wildman–Crippen MR) is 315 cm³/mol. The van der Waals surface area contributed by atoms with Crippen molar-refractivity contribution >= 4 is 11.9 Å². The van der Waals surface area contributed by atoms with E-state index in [4.69, 9.17) is 4.74 Å². The summed E-state index contributed by atoms with van der Waals surface area (Å²) in [4.78, 5) is 24.6. The molecule has 6 heteroatoms. The average molecular weight is 1010 g/mol. The number of rotatable bonds is 60. The molecule has 0 rings (SSSR count). The Bertz CT molecular complexity index is 1170. The highest BCUT2D eigenvalue weighted by atomic mass is 16.5. The van der Waals surface area contributed by atoms with Crippen LogP contribution in [0.2, 0.25) is 0 Å². The first kappa shape index (κ1) is 70.1. The lowest BCUT2D eigenvalue weighted by Gasteiger charge is -2.20. The number of aliphatic hydroxyl groups excluding tert-OH is 2. The summed E-state index contributed by atoms with van der Waals surface area (Å²) in [5.74, 6) is -0.0941. The van der Waals surface area contributed by atoms with E-state index in [1.807, 2.05) is 6.08 Å². The Morgan fingerprint density at radius 2 is 0.653 bits per heavy atom. The van der Waals surface area contributed by atoms with E-state index < -0.39 is 12.1 Å². The van der Waals surface area contributed by atoms with Crippen molar-refractivity contribution in [3.63, 3.8) is 0 Å². The topological polar surface area (TPSA) is 95.9 Å². The third-order valence-corrected chi connectivity index (χ3v) is 14.9. The third-order valence-electron chi connectivity index (χ3n) is 14.9. The third kappa shape index (κ3) is 57.4. The molecule has 0 aliphatic carbocycles. The van der Waals surface area contributed by atoms with Gasteiger partial charge in [-0.15, -0.1) is 0 Å². The van der Waals surface area contributed by atoms with Crippen LogP contribution in [0.4, 0.5) is 0 Å². The number of allylic oxidation sites excluding steroid dienone is 5. The van der Waals surface area contributed by atoms with Gasteiger partial charge in [0.05, 0.1) is 25.4 Å². The quantitative estimate of drug-likeness (QED) is 0.0320. The van der Waals surface area contributed by atoms with Crippen molar-refractivity contribution in [2.45, 2.75) is 360 Å². The molecule has 424 valence electrons. The summed E-state index contributed by atoms with van der Waals surface area (Å²) >= 11 is 0. The van der Waals surface area contributed by atoms with Gasteiger partial charge in [0, 0.05) is 12.8 Å². The fourth-order valence-electron chi connectivity index (χ4n) is 9.92. The second-order valence-electron chi connectivity index (χ2n) is 22.1. The van der Waals surface area contributed by atoms with E-state index >= 15 is 0 Å². The Morgan fingerprint density at radius 1 is 0.375 bits per heavy atom. The minimum atomic E-state index is -0.856. The van der Waals surface area contributed by atoms with Gasteiger partial charge in [-0.1, -0.05) is 288 Å². The van der Waals surface area contributed by atoms with Crippen molar-refractivity contribution in [1.82, 2.24) is 5.32 Å². The van der Waals surface area contributed by atoms with Gasteiger partial charge in [0.2, 0.25) is 5.91 Å². The molecule has 3 N–H and O–H groups in total. The number of hydrogen-bond acceptors (Lipinski definition) is 5. The first-order valence-corrected chi connectivity index (χ1v) is 32.3.